The Hall–Kier alpha value is -3.06. The molecule has 1 aromatic heterocycles. The van der Waals surface area contributed by atoms with Gasteiger partial charge < -0.3 is 10.4 Å². The first-order chi connectivity index (χ1) is 11.8. The smallest absolute Gasteiger partial charge is 0.433 e. The van der Waals surface area contributed by atoms with Crippen LogP contribution in [-0.2, 0) is 6.18 Å². The molecule has 2 heterocycles. The van der Waals surface area contributed by atoms with E-state index in [0.717, 1.165) is 18.0 Å². The van der Waals surface area contributed by atoms with Crippen molar-refractivity contribution in [2.24, 2.45) is 0 Å². The fourth-order valence-corrected chi connectivity index (χ4v) is 3.09. The Labute approximate surface area is 143 Å². The van der Waals surface area contributed by atoms with E-state index in [1.165, 1.54) is 18.2 Å². The number of carboxylic acids is 1. The largest absolute Gasteiger partial charge is 0.478 e. The highest BCUT2D eigenvalue weighted by molar-refractivity contribution is 8.04. The van der Waals surface area contributed by atoms with E-state index >= 15 is 0 Å². The van der Waals surface area contributed by atoms with Crippen molar-refractivity contribution in [3.8, 4) is 6.07 Å². The number of hydrogen-bond donors (Lipinski definition) is 2. The lowest BCUT2D eigenvalue weighted by molar-refractivity contribution is -0.141. The van der Waals surface area contributed by atoms with Crippen LogP contribution in [0.1, 0.15) is 21.9 Å². The molecule has 0 unspecified atom stereocenters. The number of carboxylic acid groups (broad SMARTS) is 1. The lowest BCUT2D eigenvalue weighted by atomic mass is 10.2. The monoisotopic (exact) mass is 364 g/mol. The topological polar surface area (TPSA) is 98.9 Å². The van der Waals surface area contributed by atoms with Crippen molar-refractivity contribution in [1.29, 1.82) is 5.26 Å². The van der Waals surface area contributed by atoms with Gasteiger partial charge in [0.2, 0.25) is 0 Å². The van der Waals surface area contributed by atoms with E-state index in [9.17, 15) is 23.2 Å². The third-order valence-corrected chi connectivity index (χ3v) is 4.27. The van der Waals surface area contributed by atoms with Crippen LogP contribution in [0.4, 0.5) is 18.9 Å². The summed E-state index contributed by atoms with van der Waals surface area (Å²) in [5, 5.41) is 21.5. The quantitative estimate of drug-likeness (QED) is 0.786. The van der Waals surface area contributed by atoms with Crippen molar-refractivity contribution in [3.63, 3.8) is 0 Å². The zero-order valence-electron chi connectivity index (χ0n) is 12.1. The highest BCUT2D eigenvalue weighted by Gasteiger charge is 2.33. The second kappa shape index (κ2) is 6.10. The average molecular weight is 364 g/mol. The standard InChI is InChI=1S/C15H7F3N4O2S/c16-15(17,18)11-3-4-20-12(22-11)8(6-19)13-21-9-2-1-7(14(23)24)5-10(9)25-13/h1-5,21H,(H,23,24). The molecule has 3 rings (SSSR count). The van der Waals surface area contributed by atoms with E-state index in [-0.39, 0.29) is 22.0 Å². The summed E-state index contributed by atoms with van der Waals surface area (Å²) in [5.74, 6) is -1.47. The maximum Gasteiger partial charge on any atom is 0.433 e. The molecule has 0 fully saturated rings. The molecule has 2 N–H and O–H groups in total. The average Bonchev–Trinajstić information content (AvgIpc) is 2.97. The number of nitrogens with one attached hydrogen (secondary N) is 1. The van der Waals surface area contributed by atoms with Crippen LogP contribution in [0.3, 0.4) is 0 Å². The van der Waals surface area contributed by atoms with Crippen LogP contribution < -0.4 is 5.32 Å². The van der Waals surface area contributed by atoms with Crippen molar-refractivity contribution in [2.75, 3.05) is 5.32 Å². The van der Waals surface area contributed by atoms with E-state index in [4.69, 9.17) is 5.11 Å². The van der Waals surface area contributed by atoms with Gasteiger partial charge >= 0.3 is 12.1 Å². The SMILES string of the molecule is N#CC(=C1Nc2ccc(C(=O)O)cc2S1)c1nccc(C(F)(F)F)n1. The lowest BCUT2D eigenvalue weighted by Crippen LogP contribution is -2.10. The summed E-state index contributed by atoms with van der Waals surface area (Å²) in [6.45, 7) is 0. The first kappa shape index (κ1) is 16.8. The molecule has 1 aliphatic heterocycles. The molecular formula is C15H7F3N4O2S. The summed E-state index contributed by atoms with van der Waals surface area (Å²) >= 11 is 1.03. The zero-order valence-corrected chi connectivity index (χ0v) is 12.9. The van der Waals surface area contributed by atoms with Gasteiger partial charge in [-0.25, -0.2) is 14.8 Å². The predicted octanol–water partition coefficient (Wildman–Crippen LogP) is 3.60. The minimum atomic E-state index is -4.65. The van der Waals surface area contributed by atoms with Gasteiger partial charge in [0, 0.05) is 11.1 Å². The van der Waals surface area contributed by atoms with Crippen LogP contribution in [0, 0.1) is 11.3 Å². The number of aromatic carboxylic acids is 1. The summed E-state index contributed by atoms with van der Waals surface area (Å²) in [6.07, 6.45) is -3.73. The fourth-order valence-electron chi connectivity index (χ4n) is 2.05. The molecule has 0 aliphatic carbocycles. The van der Waals surface area contributed by atoms with E-state index in [1.807, 2.05) is 0 Å². The van der Waals surface area contributed by atoms with Gasteiger partial charge in [-0.3, -0.25) is 0 Å². The van der Waals surface area contributed by atoms with Crippen LogP contribution in [0.5, 0.6) is 0 Å². The summed E-state index contributed by atoms with van der Waals surface area (Å²) in [4.78, 5) is 18.7. The molecule has 2 aromatic rings. The molecule has 0 saturated carbocycles. The molecule has 126 valence electrons. The molecule has 0 atom stereocenters. The number of thioether (sulfide) groups is 1. The van der Waals surface area contributed by atoms with E-state index in [1.54, 1.807) is 6.07 Å². The Kier molecular flexibility index (Phi) is 4.10. The maximum absolute atomic E-state index is 12.8. The van der Waals surface area contributed by atoms with Gasteiger partial charge in [0.15, 0.2) is 5.82 Å². The second-order valence-electron chi connectivity index (χ2n) is 4.82. The number of benzene rings is 1. The predicted molar refractivity (Wildman–Crippen MR) is 82.4 cm³/mol. The number of fused-ring (bicyclic) bond motifs is 1. The van der Waals surface area contributed by atoms with Crippen molar-refractivity contribution in [1.82, 2.24) is 9.97 Å². The third kappa shape index (κ3) is 3.27. The van der Waals surface area contributed by atoms with Crippen LogP contribution in [0.15, 0.2) is 40.4 Å². The molecule has 10 heteroatoms. The minimum Gasteiger partial charge on any atom is -0.478 e. The molecule has 1 aliphatic rings. The first-order valence-corrected chi connectivity index (χ1v) is 7.48. The Morgan fingerprint density at radius 2 is 2.08 bits per heavy atom. The highest BCUT2D eigenvalue weighted by atomic mass is 32.2. The third-order valence-electron chi connectivity index (χ3n) is 3.20. The van der Waals surface area contributed by atoms with Gasteiger partial charge in [-0.15, -0.1) is 0 Å². The molecule has 0 radical (unpaired) electrons. The number of hydrogen-bond acceptors (Lipinski definition) is 6. The maximum atomic E-state index is 12.8. The number of alkyl halides is 3. The summed E-state index contributed by atoms with van der Waals surface area (Å²) in [5.41, 5.74) is -0.712. The number of nitriles is 1. The number of halogens is 3. The normalized spacial score (nSPS) is 15.1. The first-order valence-electron chi connectivity index (χ1n) is 6.67. The van der Waals surface area contributed by atoms with Gasteiger partial charge in [-0.1, -0.05) is 11.8 Å². The van der Waals surface area contributed by atoms with Crippen molar-refractivity contribution < 1.29 is 23.1 Å². The number of carbonyl (C=O) groups is 1. The van der Waals surface area contributed by atoms with Crippen molar-refractivity contribution >= 4 is 29.0 Å². The molecule has 1 aromatic carbocycles. The zero-order chi connectivity index (χ0) is 18.2. The molecular weight excluding hydrogens is 357 g/mol. The Bertz CT molecular complexity index is 951. The molecule has 0 saturated heterocycles. The summed E-state index contributed by atoms with van der Waals surface area (Å²) in [6, 6.07) is 6.81. The van der Waals surface area contributed by atoms with Crippen LogP contribution >= 0.6 is 11.8 Å². The van der Waals surface area contributed by atoms with E-state index in [0.29, 0.717) is 16.6 Å². The van der Waals surface area contributed by atoms with Gasteiger partial charge in [-0.05, 0) is 24.3 Å². The Balaban J connectivity index is 2.02. The molecule has 6 nitrogen and oxygen atoms in total. The summed E-state index contributed by atoms with van der Waals surface area (Å²) in [7, 11) is 0. The van der Waals surface area contributed by atoms with E-state index < -0.39 is 17.8 Å². The highest BCUT2D eigenvalue weighted by Crippen LogP contribution is 2.44. The lowest BCUT2D eigenvalue weighted by Gasteiger charge is -2.07. The fraction of sp³-hybridized carbons (Fsp3) is 0.0667. The molecule has 25 heavy (non-hydrogen) atoms. The van der Waals surface area contributed by atoms with Gasteiger partial charge in [0.25, 0.3) is 0 Å². The second-order valence-corrected chi connectivity index (χ2v) is 5.87. The van der Waals surface area contributed by atoms with Gasteiger partial charge in [0.1, 0.15) is 17.3 Å². The van der Waals surface area contributed by atoms with Crippen LogP contribution in [0.25, 0.3) is 5.57 Å². The summed E-state index contributed by atoms with van der Waals surface area (Å²) < 4.78 is 38.3. The number of allylic oxidation sites excluding steroid dienone is 1. The van der Waals surface area contributed by atoms with Crippen molar-refractivity contribution in [2.45, 2.75) is 11.1 Å². The van der Waals surface area contributed by atoms with Crippen LogP contribution in [-0.4, -0.2) is 21.0 Å². The van der Waals surface area contributed by atoms with Gasteiger partial charge in [-0.2, -0.15) is 18.4 Å². The Morgan fingerprint density at radius 1 is 1.32 bits per heavy atom. The number of anilines is 1. The molecule has 0 bridgehead atoms. The Morgan fingerprint density at radius 3 is 2.72 bits per heavy atom. The molecule has 0 spiro atoms. The number of rotatable bonds is 2. The number of aromatic nitrogens is 2. The van der Waals surface area contributed by atoms with Crippen LogP contribution in [0.2, 0.25) is 0 Å². The van der Waals surface area contributed by atoms with Gasteiger partial charge in [0.05, 0.1) is 16.3 Å². The molecule has 0 amide bonds. The minimum absolute atomic E-state index is 0.0585. The van der Waals surface area contributed by atoms with Crippen molar-refractivity contribution in [3.05, 3.63) is 52.6 Å². The number of nitrogens with zero attached hydrogens (tertiary/aromatic N) is 3. The van der Waals surface area contributed by atoms with E-state index in [2.05, 4.69) is 15.3 Å².